The van der Waals surface area contributed by atoms with Crippen molar-refractivity contribution in [3.05, 3.63) is 46.9 Å². The number of benzene rings is 2. The molecule has 20 heavy (non-hydrogen) atoms. The molecule has 0 radical (unpaired) electrons. The molecule has 0 saturated carbocycles. The second-order valence-electron chi connectivity index (χ2n) is 4.85. The van der Waals surface area contributed by atoms with Crippen LogP contribution in [-0.2, 0) is 6.54 Å². The molecule has 0 bridgehead atoms. The number of imidazole rings is 1. The van der Waals surface area contributed by atoms with Crippen molar-refractivity contribution < 1.29 is 0 Å². The van der Waals surface area contributed by atoms with Crippen LogP contribution in [0.25, 0.3) is 22.4 Å². The van der Waals surface area contributed by atoms with Gasteiger partial charge in [-0.3, -0.25) is 0 Å². The molecule has 3 nitrogen and oxygen atoms in total. The standard InChI is InChI=1S/C16H16BrN3/c1-2-7-20-15-6-4-3-5-14(15)19-16(20)11-8-12(17)10-13(18)9-11/h3-6,8-10H,2,7,18H2,1H3. The average Bonchev–Trinajstić information content (AvgIpc) is 2.77. The van der Waals surface area contributed by atoms with Crippen LogP contribution in [0.15, 0.2) is 46.9 Å². The van der Waals surface area contributed by atoms with Gasteiger partial charge >= 0.3 is 0 Å². The lowest BCUT2D eigenvalue weighted by Crippen LogP contribution is -2.00. The maximum Gasteiger partial charge on any atom is 0.141 e. The van der Waals surface area contributed by atoms with E-state index in [1.165, 1.54) is 5.52 Å². The zero-order valence-corrected chi connectivity index (χ0v) is 12.9. The molecule has 1 heterocycles. The molecular weight excluding hydrogens is 314 g/mol. The van der Waals surface area contributed by atoms with Crippen LogP contribution in [0.4, 0.5) is 5.69 Å². The first kappa shape index (κ1) is 13.2. The van der Waals surface area contributed by atoms with Gasteiger partial charge in [-0.25, -0.2) is 4.98 Å². The SMILES string of the molecule is CCCn1c(-c2cc(N)cc(Br)c2)nc2ccccc21. The third kappa shape index (κ3) is 2.31. The molecule has 0 amide bonds. The molecule has 0 atom stereocenters. The first-order chi connectivity index (χ1) is 9.69. The first-order valence-electron chi connectivity index (χ1n) is 6.70. The molecule has 0 aliphatic heterocycles. The Kier molecular flexibility index (Phi) is 3.49. The van der Waals surface area contributed by atoms with Crippen LogP contribution >= 0.6 is 15.9 Å². The molecule has 1 aromatic heterocycles. The van der Waals surface area contributed by atoms with E-state index in [1.807, 2.05) is 24.3 Å². The number of para-hydroxylation sites is 2. The number of nitrogens with two attached hydrogens (primary N) is 1. The summed E-state index contributed by atoms with van der Waals surface area (Å²) in [6, 6.07) is 14.2. The lowest BCUT2D eigenvalue weighted by atomic mass is 10.2. The number of hydrogen-bond acceptors (Lipinski definition) is 2. The van der Waals surface area contributed by atoms with Crippen molar-refractivity contribution in [3.63, 3.8) is 0 Å². The van der Waals surface area contributed by atoms with E-state index in [2.05, 4.69) is 45.6 Å². The lowest BCUT2D eigenvalue weighted by molar-refractivity contribution is 0.704. The van der Waals surface area contributed by atoms with Gasteiger partial charge < -0.3 is 10.3 Å². The van der Waals surface area contributed by atoms with Crippen LogP contribution < -0.4 is 5.73 Å². The normalized spacial score (nSPS) is 11.1. The smallest absolute Gasteiger partial charge is 0.141 e. The van der Waals surface area contributed by atoms with Crippen molar-refractivity contribution >= 4 is 32.7 Å². The third-order valence-electron chi connectivity index (χ3n) is 3.28. The molecule has 0 aliphatic carbocycles. The maximum absolute atomic E-state index is 5.95. The molecule has 3 aromatic rings. The number of nitrogens with zero attached hydrogens (tertiary/aromatic N) is 2. The number of halogens is 1. The summed E-state index contributed by atoms with van der Waals surface area (Å²) >= 11 is 3.50. The fraction of sp³-hybridized carbons (Fsp3) is 0.188. The van der Waals surface area contributed by atoms with Gasteiger partial charge in [0.1, 0.15) is 5.82 Å². The predicted octanol–water partition coefficient (Wildman–Crippen LogP) is 4.46. The molecule has 0 spiro atoms. The Morgan fingerprint density at radius 3 is 2.75 bits per heavy atom. The summed E-state index contributed by atoms with van der Waals surface area (Å²) in [4.78, 5) is 4.77. The zero-order valence-electron chi connectivity index (χ0n) is 11.3. The van der Waals surface area contributed by atoms with Crippen molar-refractivity contribution in [2.45, 2.75) is 19.9 Å². The number of anilines is 1. The highest BCUT2D eigenvalue weighted by atomic mass is 79.9. The first-order valence-corrected chi connectivity index (χ1v) is 7.50. The summed E-state index contributed by atoms with van der Waals surface area (Å²) < 4.78 is 3.24. The van der Waals surface area contributed by atoms with E-state index >= 15 is 0 Å². The Balaban J connectivity index is 2.26. The lowest BCUT2D eigenvalue weighted by Gasteiger charge is -2.09. The van der Waals surface area contributed by atoms with E-state index in [0.29, 0.717) is 0 Å². The summed E-state index contributed by atoms with van der Waals surface area (Å²) in [6.07, 6.45) is 1.07. The van der Waals surface area contributed by atoms with Gasteiger partial charge in [0, 0.05) is 22.3 Å². The number of nitrogen functional groups attached to an aromatic ring is 1. The number of fused-ring (bicyclic) bond motifs is 1. The minimum atomic E-state index is 0.740. The Morgan fingerprint density at radius 1 is 1.20 bits per heavy atom. The summed E-state index contributed by atoms with van der Waals surface area (Å²) in [6.45, 7) is 3.12. The van der Waals surface area contributed by atoms with Gasteiger partial charge in [0.15, 0.2) is 0 Å². The summed E-state index contributed by atoms with van der Waals surface area (Å²) in [7, 11) is 0. The minimum absolute atomic E-state index is 0.740. The second kappa shape index (κ2) is 5.29. The summed E-state index contributed by atoms with van der Waals surface area (Å²) in [5.74, 6) is 0.973. The largest absolute Gasteiger partial charge is 0.399 e. The van der Waals surface area contributed by atoms with Crippen molar-refractivity contribution in [1.29, 1.82) is 0 Å². The molecule has 0 fully saturated rings. The highest BCUT2D eigenvalue weighted by molar-refractivity contribution is 9.10. The molecular formula is C16H16BrN3. The monoisotopic (exact) mass is 329 g/mol. The van der Waals surface area contributed by atoms with Gasteiger partial charge in [-0.1, -0.05) is 35.0 Å². The Hall–Kier alpha value is -1.81. The zero-order chi connectivity index (χ0) is 14.1. The van der Waals surface area contributed by atoms with Crippen LogP contribution in [0.5, 0.6) is 0 Å². The topological polar surface area (TPSA) is 43.8 Å². The van der Waals surface area contributed by atoms with Gasteiger partial charge in [0.2, 0.25) is 0 Å². The van der Waals surface area contributed by atoms with Crippen LogP contribution in [0.2, 0.25) is 0 Å². The number of aromatic nitrogens is 2. The number of rotatable bonds is 3. The van der Waals surface area contributed by atoms with E-state index in [-0.39, 0.29) is 0 Å². The summed E-state index contributed by atoms with van der Waals surface area (Å²) in [5, 5.41) is 0. The molecule has 2 aromatic carbocycles. The highest BCUT2D eigenvalue weighted by Gasteiger charge is 2.12. The number of hydrogen-bond donors (Lipinski definition) is 1. The molecule has 0 aliphatic rings. The van der Waals surface area contributed by atoms with E-state index in [4.69, 9.17) is 10.7 Å². The van der Waals surface area contributed by atoms with E-state index < -0.39 is 0 Å². The van der Waals surface area contributed by atoms with Crippen LogP contribution in [0.3, 0.4) is 0 Å². The van der Waals surface area contributed by atoms with Crippen molar-refractivity contribution in [3.8, 4) is 11.4 Å². The van der Waals surface area contributed by atoms with Gasteiger partial charge in [-0.15, -0.1) is 0 Å². The van der Waals surface area contributed by atoms with Crippen molar-refractivity contribution in [2.24, 2.45) is 0 Å². The predicted molar refractivity (Wildman–Crippen MR) is 87.6 cm³/mol. The van der Waals surface area contributed by atoms with Crippen LogP contribution in [0, 0.1) is 0 Å². The fourth-order valence-electron chi connectivity index (χ4n) is 2.49. The Bertz CT molecular complexity index is 741. The van der Waals surface area contributed by atoms with Gasteiger partial charge in [0.05, 0.1) is 11.0 Å². The highest BCUT2D eigenvalue weighted by Crippen LogP contribution is 2.29. The van der Waals surface area contributed by atoms with Gasteiger partial charge in [-0.05, 0) is 36.8 Å². The van der Waals surface area contributed by atoms with Crippen molar-refractivity contribution in [2.75, 3.05) is 5.73 Å². The molecule has 0 saturated heterocycles. The van der Waals surface area contributed by atoms with Gasteiger partial charge in [-0.2, -0.15) is 0 Å². The van der Waals surface area contributed by atoms with E-state index in [0.717, 1.165) is 40.0 Å². The van der Waals surface area contributed by atoms with E-state index in [9.17, 15) is 0 Å². The molecule has 2 N–H and O–H groups in total. The second-order valence-corrected chi connectivity index (χ2v) is 5.76. The third-order valence-corrected chi connectivity index (χ3v) is 3.74. The van der Waals surface area contributed by atoms with E-state index in [1.54, 1.807) is 0 Å². The molecule has 4 heteroatoms. The maximum atomic E-state index is 5.95. The summed E-state index contributed by atoms with van der Waals surface area (Å²) in [5.41, 5.74) is 9.92. The average molecular weight is 330 g/mol. The quantitative estimate of drug-likeness (QED) is 0.721. The number of aryl methyl sites for hydroxylation is 1. The molecule has 0 unspecified atom stereocenters. The minimum Gasteiger partial charge on any atom is -0.399 e. The van der Waals surface area contributed by atoms with Gasteiger partial charge in [0.25, 0.3) is 0 Å². The van der Waals surface area contributed by atoms with Crippen LogP contribution in [-0.4, -0.2) is 9.55 Å². The Labute approximate surface area is 126 Å². The van der Waals surface area contributed by atoms with Crippen LogP contribution in [0.1, 0.15) is 13.3 Å². The molecule has 102 valence electrons. The fourth-order valence-corrected chi connectivity index (χ4v) is 3.00. The van der Waals surface area contributed by atoms with Crippen molar-refractivity contribution in [1.82, 2.24) is 9.55 Å². The molecule has 3 rings (SSSR count). The Morgan fingerprint density at radius 2 is 2.00 bits per heavy atom.